The molecule has 0 radical (unpaired) electrons. The van der Waals surface area contributed by atoms with Gasteiger partial charge in [0.25, 0.3) is 0 Å². The van der Waals surface area contributed by atoms with Crippen molar-refractivity contribution >= 4 is 23.1 Å². The van der Waals surface area contributed by atoms with Gasteiger partial charge in [-0.15, -0.1) is 11.8 Å². The molecule has 5 nitrogen and oxygen atoms in total. The predicted octanol–water partition coefficient (Wildman–Crippen LogP) is 5.74. The summed E-state index contributed by atoms with van der Waals surface area (Å²) in [5.74, 6) is -0.965. The standard InChI is InChI=1S/C20H17F4N3O2S/c1-30-16-4-2-3-14(7-16)27(11-13-9-25-12-26-10-13)15-5-6-17(28-19(21)22)18(8-15)29-20(23)24/h2-10,12,19-20H,11H2,1H3. The minimum Gasteiger partial charge on any atom is -0.431 e. The van der Waals surface area contributed by atoms with Gasteiger partial charge in [-0.25, -0.2) is 9.97 Å². The lowest BCUT2D eigenvalue weighted by molar-refractivity contribution is -0.0692. The van der Waals surface area contributed by atoms with Crippen molar-refractivity contribution in [1.82, 2.24) is 9.97 Å². The van der Waals surface area contributed by atoms with Crippen LogP contribution in [0.3, 0.4) is 0 Å². The van der Waals surface area contributed by atoms with Gasteiger partial charge in [-0.2, -0.15) is 17.6 Å². The third-order valence-electron chi connectivity index (χ3n) is 3.99. The summed E-state index contributed by atoms with van der Waals surface area (Å²) in [5, 5.41) is 0. The van der Waals surface area contributed by atoms with E-state index >= 15 is 0 Å². The number of anilines is 2. The first-order valence-electron chi connectivity index (χ1n) is 8.65. The van der Waals surface area contributed by atoms with Crippen LogP contribution in [0, 0.1) is 0 Å². The van der Waals surface area contributed by atoms with Crippen molar-refractivity contribution in [2.24, 2.45) is 0 Å². The Kier molecular flexibility index (Phi) is 7.34. The number of ether oxygens (including phenoxy) is 2. The molecule has 1 heterocycles. The third-order valence-corrected chi connectivity index (χ3v) is 4.72. The number of halogens is 4. The summed E-state index contributed by atoms with van der Waals surface area (Å²) in [6.45, 7) is -6.07. The molecular weight excluding hydrogens is 422 g/mol. The molecule has 3 aromatic rings. The van der Waals surface area contributed by atoms with Crippen LogP contribution in [0.4, 0.5) is 28.9 Å². The van der Waals surface area contributed by atoms with E-state index in [0.717, 1.165) is 16.1 Å². The van der Waals surface area contributed by atoms with Gasteiger partial charge in [0.1, 0.15) is 6.33 Å². The second kappa shape index (κ2) is 10.1. The average molecular weight is 439 g/mol. The lowest BCUT2D eigenvalue weighted by Crippen LogP contribution is -2.17. The van der Waals surface area contributed by atoms with Gasteiger partial charge in [0, 0.05) is 40.3 Å². The van der Waals surface area contributed by atoms with Gasteiger partial charge in [-0.3, -0.25) is 0 Å². The molecule has 0 atom stereocenters. The number of benzene rings is 2. The highest BCUT2D eigenvalue weighted by molar-refractivity contribution is 7.98. The highest BCUT2D eigenvalue weighted by atomic mass is 32.2. The SMILES string of the molecule is CSc1cccc(N(Cc2cncnc2)c2ccc(OC(F)F)c(OC(F)F)c2)c1. The van der Waals surface area contributed by atoms with Gasteiger partial charge in [0.05, 0.1) is 6.54 Å². The van der Waals surface area contributed by atoms with Crippen LogP contribution < -0.4 is 14.4 Å². The van der Waals surface area contributed by atoms with Crippen LogP contribution in [0.25, 0.3) is 0 Å². The predicted molar refractivity (Wildman–Crippen MR) is 106 cm³/mol. The van der Waals surface area contributed by atoms with Crippen molar-refractivity contribution in [2.45, 2.75) is 24.7 Å². The largest absolute Gasteiger partial charge is 0.431 e. The number of alkyl halides is 4. The fourth-order valence-corrected chi connectivity index (χ4v) is 3.20. The molecular formula is C20H17F4N3O2S. The van der Waals surface area contributed by atoms with Crippen molar-refractivity contribution in [2.75, 3.05) is 11.2 Å². The van der Waals surface area contributed by atoms with E-state index < -0.39 is 24.7 Å². The van der Waals surface area contributed by atoms with E-state index in [-0.39, 0.29) is 0 Å². The van der Waals surface area contributed by atoms with E-state index in [2.05, 4.69) is 19.4 Å². The van der Waals surface area contributed by atoms with Gasteiger partial charge in [0.15, 0.2) is 11.5 Å². The molecule has 0 amide bonds. The molecule has 0 aliphatic heterocycles. The number of hydrogen-bond donors (Lipinski definition) is 0. The maximum absolute atomic E-state index is 12.8. The number of aromatic nitrogens is 2. The van der Waals surface area contributed by atoms with E-state index in [4.69, 9.17) is 0 Å². The molecule has 10 heteroatoms. The minimum absolute atomic E-state index is 0.307. The Labute approximate surface area is 174 Å². The highest BCUT2D eigenvalue weighted by Gasteiger charge is 2.19. The fourth-order valence-electron chi connectivity index (χ4n) is 2.75. The van der Waals surface area contributed by atoms with Crippen LogP contribution in [0.15, 0.2) is 66.1 Å². The molecule has 0 saturated carbocycles. The first-order chi connectivity index (χ1) is 14.5. The zero-order valence-electron chi connectivity index (χ0n) is 15.7. The Hall–Kier alpha value is -3.01. The number of hydrogen-bond acceptors (Lipinski definition) is 6. The van der Waals surface area contributed by atoms with Crippen LogP contribution in [0.2, 0.25) is 0 Å². The monoisotopic (exact) mass is 439 g/mol. The Bertz CT molecular complexity index is 964. The van der Waals surface area contributed by atoms with Crippen molar-refractivity contribution in [1.29, 1.82) is 0 Å². The van der Waals surface area contributed by atoms with Crippen molar-refractivity contribution in [3.63, 3.8) is 0 Å². The third kappa shape index (κ3) is 5.76. The Morgan fingerprint density at radius 3 is 2.23 bits per heavy atom. The van der Waals surface area contributed by atoms with E-state index in [0.29, 0.717) is 12.2 Å². The molecule has 0 unspecified atom stereocenters. The molecule has 30 heavy (non-hydrogen) atoms. The first-order valence-corrected chi connectivity index (χ1v) is 9.88. The quantitative estimate of drug-likeness (QED) is 0.313. The second-order valence-electron chi connectivity index (χ2n) is 5.92. The molecule has 0 fully saturated rings. The smallest absolute Gasteiger partial charge is 0.387 e. The molecule has 158 valence electrons. The van der Waals surface area contributed by atoms with Crippen molar-refractivity contribution in [3.05, 3.63) is 66.7 Å². The molecule has 1 aromatic heterocycles. The molecule has 3 rings (SSSR count). The van der Waals surface area contributed by atoms with Gasteiger partial charge in [0.2, 0.25) is 0 Å². The van der Waals surface area contributed by atoms with Crippen molar-refractivity contribution < 1.29 is 27.0 Å². The zero-order chi connectivity index (χ0) is 21.5. The average Bonchev–Trinajstić information content (AvgIpc) is 2.73. The Morgan fingerprint density at radius 2 is 1.57 bits per heavy atom. The maximum Gasteiger partial charge on any atom is 0.387 e. The maximum atomic E-state index is 12.8. The highest BCUT2D eigenvalue weighted by Crippen LogP contribution is 2.38. The molecule has 2 aromatic carbocycles. The van der Waals surface area contributed by atoms with Crippen LogP contribution in [-0.2, 0) is 6.54 Å². The summed E-state index contributed by atoms with van der Waals surface area (Å²) in [5.41, 5.74) is 1.96. The Morgan fingerprint density at radius 1 is 0.900 bits per heavy atom. The van der Waals surface area contributed by atoms with Gasteiger partial charge in [-0.1, -0.05) is 6.07 Å². The molecule has 0 aliphatic rings. The lowest BCUT2D eigenvalue weighted by atomic mass is 10.2. The number of rotatable bonds is 9. The fraction of sp³-hybridized carbons (Fsp3) is 0.200. The van der Waals surface area contributed by atoms with Gasteiger partial charge < -0.3 is 14.4 Å². The summed E-state index contributed by atoms with van der Waals surface area (Å²) in [7, 11) is 0. The van der Waals surface area contributed by atoms with Crippen LogP contribution in [-0.4, -0.2) is 29.4 Å². The van der Waals surface area contributed by atoms with Gasteiger partial charge >= 0.3 is 13.2 Å². The van der Waals surface area contributed by atoms with Crippen LogP contribution in [0.1, 0.15) is 5.56 Å². The van der Waals surface area contributed by atoms with Gasteiger partial charge in [-0.05, 0) is 36.6 Å². The normalized spacial score (nSPS) is 11.0. The second-order valence-corrected chi connectivity index (χ2v) is 6.80. The molecule has 0 N–H and O–H groups in total. The topological polar surface area (TPSA) is 47.5 Å². The Balaban J connectivity index is 2.05. The molecule has 0 bridgehead atoms. The number of nitrogens with zero attached hydrogens (tertiary/aromatic N) is 3. The number of thioether (sulfide) groups is 1. The first kappa shape index (κ1) is 21.7. The zero-order valence-corrected chi connectivity index (χ0v) is 16.5. The van der Waals surface area contributed by atoms with E-state index in [1.807, 2.05) is 35.4 Å². The van der Waals surface area contributed by atoms with Crippen LogP contribution >= 0.6 is 11.8 Å². The molecule has 0 saturated heterocycles. The van der Waals surface area contributed by atoms with E-state index in [9.17, 15) is 17.6 Å². The lowest BCUT2D eigenvalue weighted by Gasteiger charge is -2.26. The molecule has 0 aliphatic carbocycles. The summed E-state index contributed by atoms with van der Waals surface area (Å²) in [4.78, 5) is 10.8. The summed E-state index contributed by atoms with van der Waals surface area (Å²) < 4.78 is 59.7. The van der Waals surface area contributed by atoms with Crippen LogP contribution in [0.5, 0.6) is 11.5 Å². The minimum atomic E-state index is -3.20. The van der Waals surface area contributed by atoms with Crippen molar-refractivity contribution in [3.8, 4) is 11.5 Å². The molecule has 0 spiro atoms. The van der Waals surface area contributed by atoms with E-state index in [1.54, 1.807) is 24.2 Å². The summed E-state index contributed by atoms with van der Waals surface area (Å²) in [6, 6.07) is 11.5. The summed E-state index contributed by atoms with van der Waals surface area (Å²) in [6.07, 6.45) is 6.58. The summed E-state index contributed by atoms with van der Waals surface area (Å²) >= 11 is 1.54. The van der Waals surface area contributed by atoms with E-state index in [1.165, 1.54) is 24.5 Å².